The van der Waals surface area contributed by atoms with Gasteiger partial charge in [-0.2, -0.15) is 0 Å². The molecule has 1 aromatic rings. The van der Waals surface area contributed by atoms with Crippen LogP contribution in [0.3, 0.4) is 0 Å². The Morgan fingerprint density at radius 2 is 2.50 bits per heavy atom. The molecule has 1 saturated heterocycles. The fraction of sp³-hybridized carbons (Fsp3) is 0.778. The van der Waals surface area contributed by atoms with Crippen LogP contribution in [0, 0.1) is 0 Å². The normalized spacial score (nSPS) is 26.0. The van der Waals surface area contributed by atoms with Gasteiger partial charge in [0, 0.05) is 12.6 Å². The molecule has 1 aliphatic rings. The van der Waals surface area contributed by atoms with E-state index in [1.807, 2.05) is 0 Å². The maximum atomic E-state index is 5.63. The SMILES string of the molecule is CC1(C)CC(Nc2nnc[nH]2)CCO1. The van der Waals surface area contributed by atoms with Crippen molar-refractivity contribution in [2.24, 2.45) is 0 Å². The van der Waals surface area contributed by atoms with Crippen molar-refractivity contribution in [3.05, 3.63) is 6.33 Å². The standard InChI is InChI=1S/C9H16N4O/c1-9(2)5-7(3-4-14-9)12-8-10-6-11-13-8/h6-7H,3-5H2,1-2H3,(H2,10,11,12,13). The summed E-state index contributed by atoms with van der Waals surface area (Å²) in [5.74, 6) is 0.743. The van der Waals surface area contributed by atoms with E-state index in [0.29, 0.717) is 6.04 Å². The van der Waals surface area contributed by atoms with Gasteiger partial charge in [0.1, 0.15) is 6.33 Å². The topological polar surface area (TPSA) is 62.8 Å². The van der Waals surface area contributed by atoms with Gasteiger partial charge >= 0.3 is 0 Å². The molecule has 2 rings (SSSR count). The van der Waals surface area contributed by atoms with Crippen LogP contribution in [0.1, 0.15) is 26.7 Å². The molecule has 5 heteroatoms. The minimum absolute atomic E-state index is 0.0318. The van der Waals surface area contributed by atoms with Crippen molar-refractivity contribution in [1.82, 2.24) is 15.2 Å². The first-order chi connectivity index (χ1) is 6.66. The summed E-state index contributed by atoms with van der Waals surface area (Å²) in [4.78, 5) is 2.94. The summed E-state index contributed by atoms with van der Waals surface area (Å²) in [7, 11) is 0. The zero-order valence-electron chi connectivity index (χ0n) is 8.58. The maximum Gasteiger partial charge on any atom is 0.221 e. The molecular formula is C9H16N4O. The molecular weight excluding hydrogens is 180 g/mol. The predicted octanol–water partition coefficient (Wildman–Crippen LogP) is 1.17. The third-order valence-corrected chi connectivity index (χ3v) is 2.45. The highest BCUT2D eigenvalue weighted by molar-refractivity contribution is 5.23. The van der Waals surface area contributed by atoms with Crippen LogP contribution in [0.2, 0.25) is 0 Å². The molecule has 1 unspecified atom stereocenters. The summed E-state index contributed by atoms with van der Waals surface area (Å²) in [6.07, 6.45) is 3.59. The zero-order chi connectivity index (χ0) is 10.0. The van der Waals surface area contributed by atoms with Gasteiger partial charge in [-0.05, 0) is 26.7 Å². The maximum absolute atomic E-state index is 5.63. The molecule has 1 aromatic heterocycles. The summed E-state index contributed by atoms with van der Waals surface area (Å²) < 4.78 is 5.63. The molecule has 0 radical (unpaired) electrons. The number of H-pyrrole nitrogens is 1. The van der Waals surface area contributed by atoms with Gasteiger partial charge in [0.2, 0.25) is 5.95 Å². The van der Waals surface area contributed by atoms with Gasteiger partial charge in [0.25, 0.3) is 0 Å². The summed E-state index contributed by atoms with van der Waals surface area (Å²) >= 11 is 0. The van der Waals surface area contributed by atoms with E-state index < -0.39 is 0 Å². The van der Waals surface area contributed by atoms with Crippen molar-refractivity contribution in [2.45, 2.75) is 38.3 Å². The molecule has 5 nitrogen and oxygen atoms in total. The number of anilines is 1. The van der Waals surface area contributed by atoms with Crippen molar-refractivity contribution in [3.63, 3.8) is 0 Å². The first-order valence-electron chi connectivity index (χ1n) is 4.92. The number of nitrogens with zero attached hydrogens (tertiary/aromatic N) is 2. The fourth-order valence-corrected chi connectivity index (χ4v) is 1.82. The first kappa shape index (κ1) is 9.45. The molecule has 2 heterocycles. The Balaban J connectivity index is 1.92. The minimum Gasteiger partial charge on any atom is -0.375 e. The van der Waals surface area contributed by atoms with E-state index >= 15 is 0 Å². The second kappa shape index (κ2) is 3.57. The van der Waals surface area contributed by atoms with E-state index in [0.717, 1.165) is 25.4 Å². The third-order valence-electron chi connectivity index (χ3n) is 2.45. The highest BCUT2D eigenvalue weighted by Gasteiger charge is 2.28. The van der Waals surface area contributed by atoms with Gasteiger partial charge in [-0.1, -0.05) is 0 Å². The Kier molecular flexibility index (Phi) is 2.41. The number of aromatic nitrogens is 3. The average Bonchev–Trinajstić information content (AvgIpc) is 2.54. The average molecular weight is 196 g/mol. The Morgan fingerprint density at radius 3 is 3.14 bits per heavy atom. The molecule has 0 spiro atoms. The molecule has 0 bridgehead atoms. The second-order valence-corrected chi connectivity index (χ2v) is 4.28. The number of hydrogen-bond donors (Lipinski definition) is 2. The minimum atomic E-state index is -0.0318. The van der Waals surface area contributed by atoms with Gasteiger partial charge < -0.3 is 15.0 Å². The van der Waals surface area contributed by atoms with E-state index in [4.69, 9.17) is 4.74 Å². The van der Waals surface area contributed by atoms with Crippen molar-refractivity contribution in [2.75, 3.05) is 11.9 Å². The summed E-state index contributed by atoms with van der Waals surface area (Å²) in [6.45, 7) is 5.03. The molecule has 0 amide bonds. The highest BCUT2D eigenvalue weighted by atomic mass is 16.5. The first-order valence-corrected chi connectivity index (χ1v) is 4.92. The van der Waals surface area contributed by atoms with Crippen LogP contribution in [-0.2, 0) is 4.74 Å². The van der Waals surface area contributed by atoms with Gasteiger partial charge in [-0.25, -0.2) is 0 Å². The number of aromatic amines is 1. The largest absolute Gasteiger partial charge is 0.375 e. The zero-order valence-corrected chi connectivity index (χ0v) is 8.58. The van der Waals surface area contributed by atoms with Crippen molar-refractivity contribution >= 4 is 5.95 Å². The summed E-state index contributed by atoms with van der Waals surface area (Å²) in [5.41, 5.74) is -0.0318. The Hall–Kier alpha value is -1.10. The molecule has 1 fully saturated rings. The Morgan fingerprint density at radius 1 is 1.64 bits per heavy atom. The summed E-state index contributed by atoms with van der Waals surface area (Å²) in [5, 5.41) is 10.9. The highest BCUT2D eigenvalue weighted by Crippen LogP contribution is 2.25. The molecule has 14 heavy (non-hydrogen) atoms. The van der Waals surface area contributed by atoms with Gasteiger partial charge in [-0.15, -0.1) is 10.2 Å². The van der Waals surface area contributed by atoms with Gasteiger partial charge in [0.15, 0.2) is 0 Å². The second-order valence-electron chi connectivity index (χ2n) is 4.28. The molecule has 1 aliphatic heterocycles. The van der Waals surface area contributed by atoms with Crippen molar-refractivity contribution in [3.8, 4) is 0 Å². The lowest BCUT2D eigenvalue weighted by atomic mass is 9.94. The predicted molar refractivity (Wildman–Crippen MR) is 53.1 cm³/mol. The van der Waals surface area contributed by atoms with Crippen LogP contribution in [-0.4, -0.2) is 33.4 Å². The quantitative estimate of drug-likeness (QED) is 0.745. The molecule has 78 valence electrons. The number of nitrogens with one attached hydrogen (secondary N) is 2. The van der Waals surface area contributed by atoms with Crippen LogP contribution in [0.5, 0.6) is 0 Å². The van der Waals surface area contributed by atoms with Gasteiger partial charge in [-0.3, -0.25) is 0 Å². The van der Waals surface area contributed by atoms with E-state index in [9.17, 15) is 0 Å². The van der Waals surface area contributed by atoms with Crippen LogP contribution in [0.4, 0.5) is 5.95 Å². The van der Waals surface area contributed by atoms with E-state index in [1.165, 1.54) is 0 Å². The third kappa shape index (κ3) is 2.23. The van der Waals surface area contributed by atoms with Crippen molar-refractivity contribution in [1.29, 1.82) is 0 Å². The van der Waals surface area contributed by atoms with E-state index in [1.54, 1.807) is 6.33 Å². The molecule has 2 N–H and O–H groups in total. The smallest absolute Gasteiger partial charge is 0.221 e. The summed E-state index contributed by atoms with van der Waals surface area (Å²) in [6, 6.07) is 0.423. The van der Waals surface area contributed by atoms with E-state index in [2.05, 4.69) is 34.3 Å². The monoisotopic (exact) mass is 196 g/mol. The lowest BCUT2D eigenvalue weighted by Crippen LogP contribution is -2.40. The number of rotatable bonds is 2. The van der Waals surface area contributed by atoms with Crippen molar-refractivity contribution < 1.29 is 4.74 Å². The number of hydrogen-bond acceptors (Lipinski definition) is 4. The molecule has 1 atom stereocenters. The van der Waals surface area contributed by atoms with E-state index in [-0.39, 0.29) is 5.60 Å². The molecule has 0 aromatic carbocycles. The lowest BCUT2D eigenvalue weighted by molar-refractivity contribution is -0.0553. The van der Waals surface area contributed by atoms with Crippen LogP contribution in [0.25, 0.3) is 0 Å². The Labute approximate surface area is 83.3 Å². The van der Waals surface area contributed by atoms with Crippen LogP contribution >= 0.6 is 0 Å². The lowest BCUT2D eigenvalue weighted by Gasteiger charge is -2.35. The van der Waals surface area contributed by atoms with Crippen LogP contribution in [0.15, 0.2) is 6.33 Å². The van der Waals surface area contributed by atoms with Gasteiger partial charge in [0.05, 0.1) is 5.60 Å². The Bertz CT molecular complexity index is 283. The van der Waals surface area contributed by atoms with Crippen LogP contribution < -0.4 is 5.32 Å². The fourth-order valence-electron chi connectivity index (χ4n) is 1.82. The molecule has 0 saturated carbocycles. The molecule has 0 aliphatic carbocycles. The number of ether oxygens (including phenoxy) is 1.